The first-order chi connectivity index (χ1) is 16.9. The molecule has 1 amide bonds. The summed E-state index contributed by atoms with van der Waals surface area (Å²) < 4.78 is 7.44. The molecule has 3 aromatic rings. The predicted molar refractivity (Wildman–Crippen MR) is 135 cm³/mol. The van der Waals surface area contributed by atoms with Crippen LogP contribution in [0.2, 0.25) is 10.0 Å². The molecule has 180 valence electrons. The van der Waals surface area contributed by atoms with Gasteiger partial charge in [-0.15, -0.1) is 0 Å². The van der Waals surface area contributed by atoms with Gasteiger partial charge in [-0.1, -0.05) is 71.7 Å². The van der Waals surface area contributed by atoms with E-state index in [0.717, 1.165) is 18.4 Å². The number of rotatable bonds is 0. The standard InChI is InChI=1S/C20H17Cl2N3O4.C6H6/c21-13-3-2-12-10-23-11-24(19(28)16-17(27)14(26)4-8-25(16)23)20(6-7-20)5-1-9-29-18(12)15(13)22;1-2-4-6-5-3-1/h1-5,8,27H,6-7,9-11H2;1-6H/b5-1+;. The van der Waals surface area contributed by atoms with E-state index < -0.39 is 16.7 Å². The Hall–Kier alpha value is -3.42. The number of aromatic nitrogens is 1. The number of pyridine rings is 1. The molecular formula is C26H23Cl2N3O4. The van der Waals surface area contributed by atoms with Crippen molar-refractivity contribution < 1.29 is 14.6 Å². The van der Waals surface area contributed by atoms with Crippen LogP contribution >= 0.6 is 23.2 Å². The molecule has 0 atom stereocenters. The number of hydrogen-bond acceptors (Lipinski definition) is 5. The molecule has 0 radical (unpaired) electrons. The van der Waals surface area contributed by atoms with Crippen LogP contribution in [-0.2, 0) is 6.54 Å². The number of carbonyl (C=O) groups is 1. The van der Waals surface area contributed by atoms with Crippen molar-refractivity contribution in [1.82, 2.24) is 9.58 Å². The van der Waals surface area contributed by atoms with Crippen molar-refractivity contribution in [2.24, 2.45) is 0 Å². The molecule has 1 aliphatic carbocycles. The molecule has 1 spiro atoms. The molecule has 2 aliphatic heterocycles. The smallest absolute Gasteiger partial charge is 0.278 e. The average Bonchev–Trinajstić information content (AvgIpc) is 3.66. The van der Waals surface area contributed by atoms with Gasteiger partial charge < -0.3 is 14.7 Å². The number of nitrogens with zero attached hydrogens (tertiary/aromatic N) is 3. The number of aromatic hydroxyl groups is 1. The molecule has 35 heavy (non-hydrogen) atoms. The van der Waals surface area contributed by atoms with E-state index in [1.807, 2.05) is 59.6 Å². The maximum absolute atomic E-state index is 13.2. The third kappa shape index (κ3) is 4.37. The molecule has 2 bridgehead atoms. The Balaban J connectivity index is 0.000000371. The van der Waals surface area contributed by atoms with Gasteiger partial charge in [0, 0.05) is 17.8 Å². The Labute approximate surface area is 212 Å². The monoisotopic (exact) mass is 511 g/mol. The van der Waals surface area contributed by atoms with E-state index in [2.05, 4.69) is 0 Å². The molecule has 3 aliphatic rings. The SMILES string of the molecule is O=C1c2c(O)c(=O)ccn2N2Cc3ccc(Cl)c(Cl)c3OC/C=C/C3(CC3)N1C2.c1ccccc1. The Morgan fingerprint density at radius 1 is 0.971 bits per heavy atom. The van der Waals surface area contributed by atoms with Gasteiger partial charge in [-0.05, 0) is 25.0 Å². The first-order valence-corrected chi connectivity index (χ1v) is 12.0. The van der Waals surface area contributed by atoms with Crippen molar-refractivity contribution in [3.05, 3.63) is 104 Å². The highest BCUT2D eigenvalue weighted by Crippen LogP contribution is 2.46. The second kappa shape index (κ2) is 9.32. The van der Waals surface area contributed by atoms with Crippen LogP contribution < -0.4 is 15.2 Å². The lowest BCUT2D eigenvalue weighted by Gasteiger charge is -2.42. The van der Waals surface area contributed by atoms with E-state index in [1.54, 1.807) is 11.0 Å². The van der Waals surface area contributed by atoms with Gasteiger partial charge in [0.05, 0.1) is 17.1 Å². The van der Waals surface area contributed by atoms with Crippen molar-refractivity contribution in [3.8, 4) is 11.5 Å². The van der Waals surface area contributed by atoms with Gasteiger partial charge in [-0.2, -0.15) is 0 Å². The van der Waals surface area contributed by atoms with E-state index in [1.165, 1.54) is 16.9 Å². The fraction of sp³-hybridized carbons (Fsp3) is 0.231. The van der Waals surface area contributed by atoms with E-state index in [0.29, 0.717) is 22.3 Å². The third-order valence-electron chi connectivity index (χ3n) is 6.31. The third-order valence-corrected chi connectivity index (χ3v) is 7.10. The van der Waals surface area contributed by atoms with Crippen LogP contribution in [0, 0.1) is 0 Å². The van der Waals surface area contributed by atoms with Crippen LogP contribution in [0.25, 0.3) is 0 Å². The molecule has 7 nitrogen and oxygen atoms in total. The minimum atomic E-state index is -0.588. The molecule has 9 heteroatoms. The van der Waals surface area contributed by atoms with Gasteiger partial charge in [0.15, 0.2) is 11.4 Å². The minimum absolute atomic E-state index is 0.0369. The number of amides is 1. The van der Waals surface area contributed by atoms with Crippen LogP contribution in [0.5, 0.6) is 11.5 Å². The topological polar surface area (TPSA) is 75.0 Å². The van der Waals surface area contributed by atoms with Crippen molar-refractivity contribution in [2.45, 2.75) is 24.9 Å². The molecule has 2 aromatic carbocycles. The summed E-state index contributed by atoms with van der Waals surface area (Å²) in [4.78, 5) is 27.0. The Morgan fingerprint density at radius 2 is 1.66 bits per heavy atom. The fourth-order valence-corrected chi connectivity index (χ4v) is 4.72. The molecular weight excluding hydrogens is 489 g/mol. The van der Waals surface area contributed by atoms with Crippen LogP contribution in [0.1, 0.15) is 28.9 Å². The van der Waals surface area contributed by atoms with Crippen molar-refractivity contribution in [3.63, 3.8) is 0 Å². The summed E-state index contributed by atoms with van der Waals surface area (Å²) in [5.74, 6) is -0.438. The summed E-state index contributed by atoms with van der Waals surface area (Å²) in [7, 11) is 0. The lowest BCUT2D eigenvalue weighted by molar-refractivity contribution is 0.0612. The Kier molecular flexibility index (Phi) is 6.21. The normalized spacial score (nSPS) is 18.3. The maximum Gasteiger partial charge on any atom is 0.278 e. The first kappa shape index (κ1) is 23.3. The summed E-state index contributed by atoms with van der Waals surface area (Å²) in [6.07, 6.45) is 6.93. The summed E-state index contributed by atoms with van der Waals surface area (Å²) >= 11 is 12.6. The van der Waals surface area contributed by atoms with E-state index in [9.17, 15) is 14.7 Å². The quantitative estimate of drug-likeness (QED) is 0.447. The molecule has 1 aromatic heterocycles. The van der Waals surface area contributed by atoms with E-state index in [4.69, 9.17) is 27.9 Å². The van der Waals surface area contributed by atoms with Gasteiger partial charge in [-0.3, -0.25) is 19.3 Å². The van der Waals surface area contributed by atoms with E-state index in [-0.39, 0.29) is 24.9 Å². The van der Waals surface area contributed by atoms with Gasteiger partial charge in [0.2, 0.25) is 5.43 Å². The Morgan fingerprint density at radius 3 is 2.31 bits per heavy atom. The highest BCUT2D eigenvalue weighted by molar-refractivity contribution is 6.43. The van der Waals surface area contributed by atoms with Crippen LogP contribution in [0.4, 0.5) is 0 Å². The summed E-state index contributed by atoms with van der Waals surface area (Å²) in [5, 5.41) is 13.0. The summed E-state index contributed by atoms with van der Waals surface area (Å²) in [6, 6.07) is 16.8. The number of hydrogen-bond donors (Lipinski definition) is 1. The lowest BCUT2D eigenvalue weighted by atomic mass is 10.1. The number of benzene rings is 2. The number of carbonyl (C=O) groups excluding carboxylic acids is 1. The molecule has 0 saturated heterocycles. The second-order valence-electron chi connectivity index (χ2n) is 8.58. The van der Waals surface area contributed by atoms with Crippen molar-refractivity contribution >= 4 is 29.1 Å². The fourth-order valence-electron chi connectivity index (χ4n) is 4.33. The van der Waals surface area contributed by atoms with E-state index >= 15 is 0 Å². The lowest BCUT2D eigenvalue weighted by Crippen LogP contribution is -2.57. The number of ether oxygens (including phenoxy) is 1. The molecule has 1 fully saturated rings. The van der Waals surface area contributed by atoms with Crippen LogP contribution in [-0.4, -0.2) is 39.4 Å². The van der Waals surface area contributed by atoms with Crippen molar-refractivity contribution in [2.75, 3.05) is 18.3 Å². The van der Waals surface area contributed by atoms with Gasteiger partial charge in [0.1, 0.15) is 24.0 Å². The van der Waals surface area contributed by atoms with Gasteiger partial charge >= 0.3 is 0 Å². The van der Waals surface area contributed by atoms with Crippen LogP contribution in [0.3, 0.4) is 0 Å². The van der Waals surface area contributed by atoms with Gasteiger partial charge in [0.25, 0.3) is 5.91 Å². The predicted octanol–water partition coefficient (Wildman–Crippen LogP) is 4.58. The largest absolute Gasteiger partial charge is 0.502 e. The van der Waals surface area contributed by atoms with Crippen LogP contribution in [0.15, 0.2) is 77.7 Å². The zero-order valence-electron chi connectivity index (χ0n) is 18.7. The Bertz CT molecular complexity index is 1330. The minimum Gasteiger partial charge on any atom is -0.502 e. The highest BCUT2D eigenvalue weighted by atomic mass is 35.5. The first-order valence-electron chi connectivity index (χ1n) is 11.2. The number of fused-ring (bicyclic) bond motifs is 6. The summed E-state index contributed by atoms with van der Waals surface area (Å²) in [5.41, 5.74) is -0.293. The van der Waals surface area contributed by atoms with Gasteiger partial charge in [-0.25, -0.2) is 0 Å². The second-order valence-corrected chi connectivity index (χ2v) is 9.37. The molecule has 1 saturated carbocycles. The molecule has 3 heterocycles. The summed E-state index contributed by atoms with van der Waals surface area (Å²) in [6.45, 7) is 0.909. The number of halogens is 2. The average molecular weight is 512 g/mol. The highest BCUT2D eigenvalue weighted by Gasteiger charge is 2.51. The molecule has 6 rings (SSSR count). The maximum atomic E-state index is 13.2. The van der Waals surface area contributed by atoms with Crippen molar-refractivity contribution in [1.29, 1.82) is 0 Å². The molecule has 1 N–H and O–H groups in total. The molecule has 0 unspecified atom stereocenters. The zero-order valence-corrected chi connectivity index (χ0v) is 20.2. The zero-order chi connectivity index (χ0) is 24.6.